The van der Waals surface area contributed by atoms with Gasteiger partial charge in [0, 0.05) is 37.2 Å². The third-order valence-corrected chi connectivity index (χ3v) is 3.78. The van der Waals surface area contributed by atoms with Gasteiger partial charge in [-0.25, -0.2) is 4.79 Å². The molecule has 1 aromatic heterocycles. The van der Waals surface area contributed by atoms with E-state index in [1.807, 2.05) is 30.1 Å². The van der Waals surface area contributed by atoms with Crippen molar-refractivity contribution in [3.63, 3.8) is 0 Å². The van der Waals surface area contributed by atoms with Gasteiger partial charge in [0.2, 0.25) is 0 Å². The van der Waals surface area contributed by atoms with Crippen LogP contribution >= 0.6 is 0 Å². The largest absolute Gasteiger partial charge is 0.493 e. The van der Waals surface area contributed by atoms with E-state index in [0.717, 1.165) is 11.1 Å². The minimum Gasteiger partial charge on any atom is -0.493 e. The number of hydrogen-bond donors (Lipinski definition) is 0. The molecule has 0 fully saturated rings. The van der Waals surface area contributed by atoms with Crippen molar-refractivity contribution in [2.45, 2.75) is 6.92 Å². The Balaban J connectivity index is 2.11. The molecule has 0 saturated carbocycles. The number of nitrogens with zero attached hydrogens (tertiary/aromatic N) is 1. The van der Waals surface area contributed by atoms with Crippen molar-refractivity contribution >= 4 is 28.3 Å². The third-order valence-electron chi connectivity index (χ3n) is 3.78. The van der Waals surface area contributed by atoms with Gasteiger partial charge in [0.15, 0.2) is 11.5 Å². The van der Waals surface area contributed by atoms with E-state index in [1.165, 1.54) is 20.1 Å². The van der Waals surface area contributed by atoms with E-state index in [4.69, 9.17) is 13.9 Å². The molecular weight excluding hydrogens is 322 g/mol. The summed E-state index contributed by atoms with van der Waals surface area (Å²) in [7, 11) is 3.32. The number of anilines is 2. The van der Waals surface area contributed by atoms with Crippen LogP contribution in [0.25, 0.3) is 11.0 Å². The molecule has 0 aliphatic heterocycles. The third kappa shape index (κ3) is 3.33. The number of carbonyl (C=O) groups excluding carboxylic acids is 1. The van der Waals surface area contributed by atoms with Crippen LogP contribution in [0.15, 0.2) is 57.7 Å². The Hall–Kier alpha value is -3.28. The topological polar surface area (TPSA) is 69.0 Å². The fourth-order valence-electron chi connectivity index (χ4n) is 2.62. The van der Waals surface area contributed by atoms with Crippen LogP contribution in [0.3, 0.4) is 0 Å². The number of rotatable bonds is 4. The average molecular weight is 339 g/mol. The normalized spacial score (nSPS) is 10.5. The lowest BCUT2D eigenvalue weighted by Gasteiger charge is -2.22. The average Bonchev–Trinajstić information content (AvgIpc) is 2.59. The van der Waals surface area contributed by atoms with Gasteiger partial charge in [-0.3, -0.25) is 4.79 Å². The summed E-state index contributed by atoms with van der Waals surface area (Å²) in [4.78, 5) is 25.0. The Bertz CT molecular complexity index is 993. The molecule has 0 spiro atoms. The number of esters is 1. The van der Waals surface area contributed by atoms with Crippen molar-refractivity contribution < 1.29 is 18.7 Å². The van der Waals surface area contributed by atoms with Gasteiger partial charge in [-0.1, -0.05) is 12.1 Å². The SMILES string of the molecule is COc1ccc(N(C)c2cc(=O)oc3ccccc23)cc1OC(C)=O. The predicted molar refractivity (Wildman–Crippen MR) is 94.9 cm³/mol. The number of ether oxygens (including phenoxy) is 2. The van der Waals surface area contributed by atoms with Crippen LogP contribution in [-0.4, -0.2) is 20.1 Å². The van der Waals surface area contributed by atoms with Crippen molar-refractivity contribution in [3.05, 3.63) is 59.0 Å². The maximum atomic E-state index is 11.9. The van der Waals surface area contributed by atoms with Crippen LogP contribution in [0.5, 0.6) is 11.5 Å². The van der Waals surface area contributed by atoms with Crippen LogP contribution in [0.4, 0.5) is 11.4 Å². The molecule has 6 nitrogen and oxygen atoms in total. The van der Waals surface area contributed by atoms with E-state index in [0.29, 0.717) is 22.8 Å². The highest BCUT2D eigenvalue weighted by atomic mass is 16.6. The lowest BCUT2D eigenvalue weighted by Crippen LogP contribution is -2.13. The zero-order valence-electron chi connectivity index (χ0n) is 14.1. The molecule has 0 N–H and O–H groups in total. The highest BCUT2D eigenvalue weighted by molar-refractivity contribution is 5.92. The molecule has 3 aromatic rings. The van der Waals surface area contributed by atoms with E-state index >= 15 is 0 Å². The van der Waals surface area contributed by atoms with Crippen LogP contribution in [0.1, 0.15) is 6.92 Å². The van der Waals surface area contributed by atoms with Gasteiger partial charge in [0.25, 0.3) is 0 Å². The molecule has 0 saturated heterocycles. The second kappa shape index (κ2) is 6.68. The maximum absolute atomic E-state index is 11.9. The predicted octanol–water partition coefficient (Wildman–Crippen LogP) is 3.49. The number of para-hydroxylation sites is 1. The molecule has 0 amide bonds. The summed E-state index contributed by atoms with van der Waals surface area (Å²) in [5.41, 5.74) is 1.48. The molecule has 6 heteroatoms. The van der Waals surface area contributed by atoms with Crippen LogP contribution in [-0.2, 0) is 4.79 Å². The van der Waals surface area contributed by atoms with Crippen molar-refractivity contribution in [2.75, 3.05) is 19.1 Å². The molecule has 0 aliphatic rings. The smallest absolute Gasteiger partial charge is 0.338 e. The van der Waals surface area contributed by atoms with Crippen LogP contribution in [0.2, 0.25) is 0 Å². The van der Waals surface area contributed by atoms with Gasteiger partial charge in [-0.05, 0) is 24.3 Å². The van der Waals surface area contributed by atoms with Crippen molar-refractivity contribution in [1.29, 1.82) is 0 Å². The summed E-state index contributed by atoms with van der Waals surface area (Å²) in [5, 5.41) is 0.800. The first-order chi connectivity index (χ1) is 12.0. The molecule has 25 heavy (non-hydrogen) atoms. The maximum Gasteiger partial charge on any atom is 0.338 e. The quantitative estimate of drug-likeness (QED) is 0.412. The standard InChI is InChI=1S/C19H17NO5/c1-12(21)24-18-10-13(8-9-17(18)23-3)20(2)15-11-19(22)25-16-7-5-4-6-14(15)16/h4-11H,1-3H3. The summed E-state index contributed by atoms with van der Waals surface area (Å²) >= 11 is 0. The van der Waals surface area contributed by atoms with Gasteiger partial charge in [0.05, 0.1) is 12.8 Å². The molecule has 0 aliphatic carbocycles. The monoisotopic (exact) mass is 339 g/mol. The Kier molecular flexibility index (Phi) is 4.43. The lowest BCUT2D eigenvalue weighted by molar-refractivity contribution is -0.132. The second-order valence-electron chi connectivity index (χ2n) is 5.43. The fraction of sp³-hybridized carbons (Fsp3) is 0.158. The van der Waals surface area contributed by atoms with E-state index in [1.54, 1.807) is 24.3 Å². The Morgan fingerprint density at radius 3 is 2.56 bits per heavy atom. The van der Waals surface area contributed by atoms with E-state index in [-0.39, 0.29) is 0 Å². The Labute approximate surface area is 144 Å². The van der Waals surface area contributed by atoms with Crippen LogP contribution < -0.4 is 20.0 Å². The molecule has 0 unspecified atom stereocenters. The molecule has 0 bridgehead atoms. The van der Waals surface area contributed by atoms with Gasteiger partial charge >= 0.3 is 11.6 Å². The molecule has 0 atom stereocenters. The molecule has 2 aromatic carbocycles. The van der Waals surface area contributed by atoms with Crippen molar-refractivity contribution in [1.82, 2.24) is 0 Å². The summed E-state index contributed by atoms with van der Waals surface area (Å²) < 4.78 is 15.6. The Morgan fingerprint density at radius 1 is 1.08 bits per heavy atom. The zero-order chi connectivity index (χ0) is 18.0. The highest BCUT2D eigenvalue weighted by Gasteiger charge is 2.14. The van der Waals surface area contributed by atoms with Gasteiger partial charge < -0.3 is 18.8 Å². The fourth-order valence-corrected chi connectivity index (χ4v) is 2.62. The Morgan fingerprint density at radius 2 is 1.84 bits per heavy atom. The molecule has 3 rings (SSSR count). The number of benzene rings is 2. The van der Waals surface area contributed by atoms with E-state index < -0.39 is 11.6 Å². The van der Waals surface area contributed by atoms with Gasteiger partial charge in [0.1, 0.15) is 5.58 Å². The molecule has 1 heterocycles. The zero-order valence-corrected chi connectivity index (χ0v) is 14.1. The first-order valence-electron chi connectivity index (χ1n) is 7.62. The molecular formula is C19H17NO5. The first-order valence-corrected chi connectivity index (χ1v) is 7.62. The van der Waals surface area contributed by atoms with Gasteiger partial charge in [-0.2, -0.15) is 0 Å². The minimum atomic E-state index is -0.441. The van der Waals surface area contributed by atoms with Gasteiger partial charge in [-0.15, -0.1) is 0 Å². The number of fused-ring (bicyclic) bond motifs is 1. The molecule has 128 valence electrons. The minimum absolute atomic E-state index is 0.312. The van der Waals surface area contributed by atoms with E-state index in [2.05, 4.69) is 0 Å². The second-order valence-corrected chi connectivity index (χ2v) is 5.43. The summed E-state index contributed by atoms with van der Waals surface area (Å²) in [6.07, 6.45) is 0. The van der Waals surface area contributed by atoms with Crippen LogP contribution in [0, 0.1) is 0 Å². The summed E-state index contributed by atoms with van der Waals surface area (Å²) in [6.45, 7) is 1.33. The highest BCUT2D eigenvalue weighted by Crippen LogP contribution is 2.35. The summed E-state index contributed by atoms with van der Waals surface area (Å²) in [6, 6.07) is 13.9. The van der Waals surface area contributed by atoms with Crippen molar-refractivity contribution in [2.24, 2.45) is 0 Å². The molecule has 0 radical (unpaired) electrons. The number of methoxy groups -OCH3 is 1. The lowest BCUT2D eigenvalue weighted by atomic mass is 10.1. The van der Waals surface area contributed by atoms with Crippen molar-refractivity contribution in [3.8, 4) is 11.5 Å². The number of carbonyl (C=O) groups is 1. The first kappa shape index (κ1) is 16.6. The number of hydrogen-bond acceptors (Lipinski definition) is 6. The van der Waals surface area contributed by atoms with E-state index in [9.17, 15) is 9.59 Å². The summed E-state index contributed by atoms with van der Waals surface area (Å²) in [5.74, 6) is 0.320.